The second-order valence-corrected chi connectivity index (χ2v) is 3.69. The van der Waals surface area contributed by atoms with Crippen LogP contribution < -0.4 is 5.32 Å². The molecule has 0 saturated carbocycles. The van der Waals surface area contributed by atoms with Gasteiger partial charge in [0.25, 0.3) is 0 Å². The van der Waals surface area contributed by atoms with Crippen LogP contribution >= 0.6 is 0 Å². The van der Waals surface area contributed by atoms with Crippen LogP contribution in [0.5, 0.6) is 0 Å². The summed E-state index contributed by atoms with van der Waals surface area (Å²) in [5.74, 6) is 0.118. The van der Waals surface area contributed by atoms with E-state index in [-0.39, 0.29) is 11.6 Å². The van der Waals surface area contributed by atoms with Crippen molar-refractivity contribution in [3.8, 4) is 0 Å². The van der Waals surface area contributed by atoms with Crippen molar-refractivity contribution in [2.24, 2.45) is 5.92 Å². The zero-order valence-corrected chi connectivity index (χ0v) is 6.76. The van der Waals surface area contributed by atoms with Crippen molar-refractivity contribution in [1.82, 2.24) is 10.4 Å². The number of nitrogens with zero attached hydrogens (tertiary/aromatic N) is 1. The molecule has 0 aromatic rings. The van der Waals surface area contributed by atoms with Crippen molar-refractivity contribution in [2.45, 2.75) is 25.5 Å². The van der Waals surface area contributed by atoms with Gasteiger partial charge in [-0.3, -0.25) is 5.32 Å². The molecule has 11 heavy (non-hydrogen) atoms. The number of epoxide rings is 1. The standard InChI is InChI=1S/C7H12N2O2/c1-5(2)6-7(10-6)9(11-7)4-3-8-6/h5,8H,3-4H2,1-2H3. The first-order valence-corrected chi connectivity index (χ1v) is 4.13. The van der Waals surface area contributed by atoms with Gasteiger partial charge >= 0.3 is 5.91 Å². The van der Waals surface area contributed by atoms with E-state index in [1.165, 1.54) is 0 Å². The Bertz CT molecular complexity index is 216. The SMILES string of the molecule is CC(C)C12NCCN3OC31O2. The molecule has 3 aliphatic rings. The van der Waals surface area contributed by atoms with E-state index >= 15 is 0 Å². The normalized spacial score (nSPS) is 58.6. The molecular formula is C7H12N2O2. The summed E-state index contributed by atoms with van der Waals surface area (Å²) in [5.41, 5.74) is -0.189. The molecular weight excluding hydrogens is 144 g/mol. The van der Waals surface area contributed by atoms with E-state index in [9.17, 15) is 0 Å². The summed E-state index contributed by atoms with van der Waals surface area (Å²) >= 11 is 0. The highest BCUT2D eigenvalue weighted by Crippen LogP contribution is 2.64. The molecule has 3 fully saturated rings. The molecule has 0 aromatic heterocycles. The molecule has 3 unspecified atom stereocenters. The third kappa shape index (κ3) is 0.498. The number of ether oxygens (including phenoxy) is 1. The lowest BCUT2D eigenvalue weighted by Gasteiger charge is -2.19. The number of rotatable bonds is 1. The van der Waals surface area contributed by atoms with Crippen LogP contribution in [0.1, 0.15) is 13.8 Å². The zero-order chi connectivity index (χ0) is 7.69. The molecule has 0 radical (unpaired) electrons. The summed E-state index contributed by atoms with van der Waals surface area (Å²) < 4.78 is 5.58. The fraction of sp³-hybridized carbons (Fsp3) is 1.00. The average molecular weight is 156 g/mol. The van der Waals surface area contributed by atoms with E-state index in [2.05, 4.69) is 19.2 Å². The topological polar surface area (TPSA) is 40.1 Å². The third-order valence-electron chi connectivity index (χ3n) is 2.77. The second kappa shape index (κ2) is 1.47. The Labute approximate surface area is 65.4 Å². The fourth-order valence-electron chi connectivity index (χ4n) is 2.01. The summed E-state index contributed by atoms with van der Waals surface area (Å²) in [6.07, 6.45) is 0. The summed E-state index contributed by atoms with van der Waals surface area (Å²) in [7, 11) is 0. The molecule has 0 bridgehead atoms. The number of nitrogens with one attached hydrogen (secondary N) is 1. The van der Waals surface area contributed by atoms with Gasteiger partial charge in [0.2, 0.25) is 0 Å². The molecule has 3 aliphatic heterocycles. The molecule has 1 N–H and O–H groups in total. The van der Waals surface area contributed by atoms with E-state index in [1.54, 1.807) is 0 Å². The minimum absolute atomic E-state index is 0.189. The van der Waals surface area contributed by atoms with Gasteiger partial charge in [0.15, 0.2) is 5.72 Å². The number of hydrogen-bond acceptors (Lipinski definition) is 4. The largest absolute Gasteiger partial charge is 0.316 e. The zero-order valence-electron chi connectivity index (χ0n) is 6.76. The van der Waals surface area contributed by atoms with Gasteiger partial charge in [0.1, 0.15) is 0 Å². The van der Waals surface area contributed by atoms with Gasteiger partial charge in [0.05, 0.1) is 0 Å². The van der Waals surface area contributed by atoms with Gasteiger partial charge < -0.3 is 4.74 Å². The third-order valence-corrected chi connectivity index (χ3v) is 2.77. The summed E-state index contributed by atoms with van der Waals surface area (Å²) in [6.45, 7) is 6.19. The number of piperazine rings is 1. The van der Waals surface area contributed by atoms with Crippen LogP contribution in [0.2, 0.25) is 0 Å². The van der Waals surface area contributed by atoms with Gasteiger partial charge in [-0.2, -0.15) is 0 Å². The van der Waals surface area contributed by atoms with Crippen molar-refractivity contribution < 1.29 is 9.57 Å². The van der Waals surface area contributed by atoms with Crippen LogP contribution in [-0.2, 0) is 9.57 Å². The average Bonchev–Trinajstić information content (AvgIpc) is 2.70. The number of hydrogen-bond donors (Lipinski definition) is 1. The van der Waals surface area contributed by atoms with Gasteiger partial charge in [0, 0.05) is 19.0 Å². The Morgan fingerprint density at radius 2 is 2.36 bits per heavy atom. The lowest BCUT2D eigenvalue weighted by atomic mass is 10.0. The predicted octanol–water partition coefficient (Wildman–Crippen LogP) is -0.127. The van der Waals surface area contributed by atoms with Gasteiger partial charge in [-0.1, -0.05) is 13.8 Å². The fourth-order valence-corrected chi connectivity index (χ4v) is 2.01. The molecule has 4 nitrogen and oxygen atoms in total. The van der Waals surface area contributed by atoms with Crippen molar-refractivity contribution in [3.63, 3.8) is 0 Å². The Morgan fingerprint density at radius 3 is 3.00 bits per heavy atom. The molecule has 4 heteroatoms. The smallest absolute Gasteiger partial charge is 0.302 e. The van der Waals surface area contributed by atoms with Crippen LogP contribution in [0.25, 0.3) is 0 Å². The lowest BCUT2D eigenvalue weighted by Crippen LogP contribution is -2.47. The molecule has 1 spiro atoms. The highest BCUT2D eigenvalue weighted by Gasteiger charge is 2.89. The minimum Gasteiger partial charge on any atom is -0.302 e. The van der Waals surface area contributed by atoms with Crippen molar-refractivity contribution in [1.29, 1.82) is 0 Å². The van der Waals surface area contributed by atoms with Gasteiger partial charge in [-0.25, -0.2) is 4.84 Å². The van der Waals surface area contributed by atoms with Crippen LogP contribution in [0.4, 0.5) is 0 Å². The van der Waals surface area contributed by atoms with Crippen LogP contribution in [-0.4, -0.2) is 29.8 Å². The summed E-state index contributed by atoms with van der Waals surface area (Å²) in [4.78, 5) is 5.35. The quantitative estimate of drug-likeness (QED) is 0.537. The molecule has 3 heterocycles. The molecule has 0 aromatic carbocycles. The van der Waals surface area contributed by atoms with Crippen molar-refractivity contribution in [3.05, 3.63) is 0 Å². The monoisotopic (exact) mass is 156 g/mol. The Hall–Kier alpha value is -0.160. The molecule has 0 amide bonds. The molecule has 3 saturated heterocycles. The van der Waals surface area contributed by atoms with Crippen LogP contribution in [0.15, 0.2) is 0 Å². The first-order valence-electron chi connectivity index (χ1n) is 4.13. The Kier molecular flexibility index (Phi) is 0.853. The summed E-state index contributed by atoms with van der Waals surface area (Å²) in [5, 5.41) is 5.28. The van der Waals surface area contributed by atoms with E-state index in [4.69, 9.17) is 9.57 Å². The van der Waals surface area contributed by atoms with Crippen molar-refractivity contribution in [2.75, 3.05) is 13.1 Å². The maximum absolute atomic E-state index is 5.58. The minimum atomic E-state index is -0.348. The molecule has 3 atom stereocenters. The highest BCUT2D eigenvalue weighted by atomic mass is 17.1. The highest BCUT2D eigenvalue weighted by molar-refractivity contribution is 5.16. The maximum atomic E-state index is 5.58. The predicted molar refractivity (Wildman–Crippen MR) is 37.2 cm³/mol. The van der Waals surface area contributed by atoms with Gasteiger partial charge in [-0.15, -0.1) is 5.06 Å². The van der Waals surface area contributed by atoms with Crippen LogP contribution in [0.3, 0.4) is 0 Å². The van der Waals surface area contributed by atoms with E-state index in [0.717, 1.165) is 13.1 Å². The maximum Gasteiger partial charge on any atom is 0.316 e. The lowest BCUT2D eigenvalue weighted by molar-refractivity contribution is 0.158. The summed E-state index contributed by atoms with van der Waals surface area (Å²) in [6, 6.07) is 0. The van der Waals surface area contributed by atoms with Crippen LogP contribution in [0, 0.1) is 5.92 Å². The van der Waals surface area contributed by atoms with E-state index in [0.29, 0.717) is 5.92 Å². The molecule has 0 aliphatic carbocycles. The Morgan fingerprint density at radius 1 is 1.55 bits per heavy atom. The second-order valence-electron chi connectivity index (χ2n) is 3.69. The Balaban J connectivity index is 1.92. The first-order chi connectivity index (χ1) is 5.21. The number of hydroxylamine groups is 2. The van der Waals surface area contributed by atoms with E-state index in [1.807, 2.05) is 5.06 Å². The molecule has 62 valence electrons. The van der Waals surface area contributed by atoms with Crippen molar-refractivity contribution >= 4 is 0 Å². The van der Waals surface area contributed by atoms with Gasteiger partial charge in [-0.05, 0) is 0 Å². The van der Waals surface area contributed by atoms with E-state index < -0.39 is 0 Å². The molecule has 3 rings (SSSR count). The first kappa shape index (κ1) is 6.37.